The smallest absolute Gasteiger partial charge is 0.297 e. The third-order valence-corrected chi connectivity index (χ3v) is 5.27. The van der Waals surface area contributed by atoms with Crippen molar-refractivity contribution in [2.45, 2.75) is 19.9 Å². The third kappa shape index (κ3) is 3.77. The minimum atomic E-state index is -0.936. The highest BCUT2D eigenvalue weighted by Crippen LogP contribution is 2.30. The van der Waals surface area contributed by atoms with Gasteiger partial charge in [0, 0.05) is 5.56 Å². The molecule has 2 aromatic heterocycles. The van der Waals surface area contributed by atoms with Crippen LogP contribution in [0.2, 0.25) is 5.02 Å². The minimum absolute atomic E-state index is 0.0997. The number of benzene rings is 2. The number of methoxy groups -OCH3 is 1. The maximum absolute atomic E-state index is 13.1. The van der Waals surface area contributed by atoms with Crippen LogP contribution in [0.4, 0.5) is 5.69 Å². The van der Waals surface area contributed by atoms with E-state index >= 15 is 0 Å². The second-order valence-electron chi connectivity index (χ2n) is 6.94. The summed E-state index contributed by atoms with van der Waals surface area (Å²) in [5.41, 5.74) is 1.18. The fraction of sp³-hybridized carbons (Fsp3) is 0.182. The van der Waals surface area contributed by atoms with Gasteiger partial charge in [0.05, 0.1) is 23.2 Å². The summed E-state index contributed by atoms with van der Waals surface area (Å²) in [7, 11) is 1.56. The number of aromatic nitrogens is 3. The number of halogens is 1. The Hall–Kier alpha value is -3.65. The van der Waals surface area contributed by atoms with Gasteiger partial charge in [-0.1, -0.05) is 41.0 Å². The fourth-order valence-corrected chi connectivity index (χ4v) is 3.44. The molecule has 158 valence electrons. The number of para-hydroxylation sites is 1. The van der Waals surface area contributed by atoms with Gasteiger partial charge < -0.3 is 14.6 Å². The van der Waals surface area contributed by atoms with Crippen LogP contribution in [0.3, 0.4) is 0 Å². The topological polar surface area (TPSA) is 99.2 Å². The summed E-state index contributed by atoms with van der Waals surface area (Å²) < 4.78 is 11.7. The first kappa shape index (κ1) is 20.6. The van der Waals surface area contributed by atoms with E-state index in [-0.39, 0.29) is 5.52 Å². The standard InChI is InChI=1S/C22H19ClN4O4/c1-12(21(28)24-17-10-5-4-9-16(17)23)27-22(29)20-18(13(2)31-26-20)19(25-27)14-7-6-8-15(11-14)30-3/h4-12H,1-3H3,(H,24,28)/t12-/m0/s1. The van der Waals surface area contributed by atoms with Gasteiger partial charge in [-0.3, -0.25) is 9.59 Å². The summed E-state index contributed by atoms with van der Waals surface area (Å²) in [5, 5.41) is 12.1. The van der Waals surface area contributed by atoms with Gasteiger partial charge >= 0.3 is 0 Å². The van der Waals surface area contributed by atoms with E-state index in [1.807, 2.05) is 12.1 Å². The predicted molar refractivity (Wildman–Crippen MR) is 118 cm³/mol. The van der Waals surface area contributed by atoms with E-state index < -0.39 is 17.5 Å². The predicted octanol–water partition coefficient (Wildman–Crippen LogP) is 4.22. The quantitative estimate of drug-likeness (QED) is 0.500. The van der Waals surface area contributed by atoms with E-state index in [9.17, 15) is 9.59 Å². The van der Waals surface area contributed by atoms with E-state index in [1.165, 1.54) is 0 Å². The molecule has 0 saturated heterocycles. The number of nitrogens with one attached hydrogen (secondary N) is 1. The second-order valence-corrected chi connectivity index (χ2v) is 7.34. The lowest BCUT2D eigenvalue weighted by Gasteiger charge is -2.16. The van der Waals surface area contributed by atoms with E-state index in [0.29, 0.717) is 38.9 Å². The number of rotatable bonds is 5. The Morgan fingerprint density at radius 1 is 1.23 bits per heavy atom. The number of nitrogens with zero attached hydrogens (tertiary/aromatic N) is 3. The monoisotopic (exact) mass is 438 g/mol. The molecule has 1 amide bonds. The van der Waals surface area contributed by atoms with Crippen LogP contribution in [0, 0.1) is 6.92 Å². The molecule has 1 N–H and O–H groups in total. The summed E-state index contributed by atoms with van der Waals surface area (Å²) in [6.07, 6.45) is 0. The van der Waals surface area contributed by atoms with Gasteiger partial charge in [-0.2, -0.15) is 5.10 Å². The van der Waals surface area contributed by atoms with Crippen LogP contribution in [-0.4, -0.2) is 28.0 Å². The lowest BCUT2D eigenvalue weighted by molar-refractivity contribution is -0.119. The average molecular weight is 439 g/mol. The zero-order valence-electron chi connectivity index (χ0n) is 17.0. The van der Waals surface area contributed by atoms with E-state index in [4.69, 9.17) is 20.9 Å². The lowest BCUT2D eigenvalue weighted by atomic mass is 10.1. The van der Waals surface area contributed by atoms with Crippen LogP contribution in [0.15, 0.2) is 57.8 Å². The molecule has 4 aromatic rings. The number of fused-ring (bicyclic) bond motifs is 1. The highest BCUT2D eigenvalue weighted by atomic mass is 35.5. The first-order valence-electron chi connectivity index (χ1n) is 9.49. The van der Waals surface area contributed by atoms with Gasteiger partial charge in [0.1, 0.15) is 23.2 Å². The zero-order chi connectivity index (χ0) is 22.1. The molecule has 0 radical (unpaired) electrons. The molecular formula is C22H19ClN4O4. The lowest BCUT2D eigenvalue weighted by Crippen LogP contribution is -2.34. The molecule has 0 aliphatic heterocycles. The molecule has 0 bridgehead atoms. The van der Waals surface area contributed by atoms with Crippen molar-refractivity contribution in [2.75, 3.05) is 12.4 Å². The van der Waals surface area contributed by atoms with Crippen molar-refractivity contribution < 1.29 is 14.1 Å². The van der Waals surface area contributed by atoms with Crippen molar-refractivity contribution in [3.05, 3.63) is 69.7 Å². The van der Waals surface area contributed by atoms with Gasteiger partial charge in [0.2, 0.25) is 5.91 Å². The van der Waals surface area contributed by atoms with Crippen LogP contribution in [0.25, 0.3) is 22.2 Å². The van der Waals surface area contributed by atoms with Crippen LogP contribution in [0.5, 0.6) is 5.75 Å². The van der Waals surface area contributed by atoms with Crippen LogP contribution in [-0.2, 0) is 4.79 Å². The summed E-state index contributed by atoms with van der Waals surface area (Å²) in [4.78, 5) is 25.9. The number of ether oxygens (including phenoxy) is 1. The zero-order valence-corrected chi connectivity index (χ0v) is 17.8. The Morgan fingerprint density at radius 2 is 2.00 bits per heavy atom. The average Bonchev–Trinajstić information content (AvgIpc) is 3.17. The van der Waals surface area contributed by atoms with Gasteiger partial charge in [0.25, 0.3) is 5.56 Å². The van der Waals surface area contributed by atoms with Crippen molar-refractivity contribution in [3.63, 3.8) is 0 Å². The SMILES string of the molecule is COc1cccc(-c2nn([C@@H](C)C(=O)Nc3ccccc3Cl)c(=O)c3noc(C)c23)c1. The first-order valence-corrected chi connectivity index (χ1v) is 9.87. The van der Waals surface area contributed by atoms with Crippen molar-refractivity contribution >= 4 is 34.1 Å². The van der Waals surface area contributed by atoms with Crippen molar-refractivity contribution in [1.82, 2.24) is 14.9 Å². The van der Waals surface area contributed by atoms with Gasteiger partial charge in [0.15, 0.2) is 5.52 Å². The van der Waals surface area contributed by atoms with Crippen LogP contribution < -0.4 is 15.6 Å². The molecule has 4 rings (SSSR count). The highest BCUT2D eigenvalue weighted by molar-refractivity contribution is 6.33. The molecule has 1 atom stereocenters. The van der Waals surface area contributed by atoms with E-state index in [2.05, 4.69) is 15.6 Å². The number of aryl methyl sites for hydroxylation is 1. The molecule has 8 nitrogen and oxygen atoms in total. The number of amides is 1. The minimum Gasteiger partial charge on any atom is -0.497 e. The number of carbonyl (C=O) groups is 1. The molecule has 0 spiro atoms. The fourth-order valence-electron chi connectivity index (χ4n) is 3.25. The number of anilines is 1. The molecule has 0 fully saturated rings. The first-order chi connectivity index (χ1) is 14.9. The molecule has 9 heteroatoms. The maximum Gasteiger partial charge on any atom is 0.297 e. The maximum atomic E-state index is 13.1. The molecule has 0 aliphatic carbocycles. The largest absolute Gasteiger partial charge is 0.497 e. The highest BCUT2D eigenvalue weighted by Gasteiger charge is 2.25. The van der Waals surface area contributed by atoms with Crippen LogP contribution in [0.1, 0.15) is 18.7 Å². The van der Waals surface area contributed by atoms with Crippen LogP contribution >= 0.6 is 11.6 Å². The van der Waals surface area contributed by atoms with Gasteiger partial charge in [-0.05, 0) is 38.1 Å². The Labute approximate surface area is 182 Å². The summed E-state index contributed by atoms with van der Waals surface area (Å²) >= 11 is 6.13. The normalized spacial score (nSPS) is 12.0. The molecule has 0 saturated carbocycles. The molecule has 2 aromatic carbocycles. The Balaban J connectivity index is 1.83. The second kappa shape index (κ2) is 8.23. The van der Waals surface area contributed by atoms with Crippen molar-refractivity contribution in [1.29, 1.82) is 0 Å². The molecule has 2 heterocycles. The third-order valence-electron chi connectivity index (χ3n) is 4.94. The number of hydrogen-bond acceptors (Lipinski definition) is 6. The molecular weight excluding hydrogens is 420 g/mol. The van der Waals surface area contributed by atoms with Gasteiger partial charge in [-0.25, -0.2) is 4.68 Å². The molecule has 31 heavy (non-hydrogen) atoms. The Morgan fingerprint density at radius 3 is 2.74 bits per heavy atom. The summed E-state index contributed by atoms with van der Waals surface area (Å²) in [6.45, 7) is 3.28. The van der Waals surface area contributed by atoms with Crippen molar-refractivity contribution in [2.24, 2.45) is 0 Å². The number of carbonyl (C=O) groups excluding carboxylic acids is 1. The van der Waals surface area contributed by atoms with E-state index in [0.717, 1.165) is 4.68 Å². The van der Waals surface area contributed by atoms with Crippen molar-refractivity contribution in [3.8, 4) is 17.0 Å². The van der Waals surface area contributed by atoms with Gasteiger partial charge in [-0.15, -0.1) is 0 Å². The summed E-state index contributed by atoms with van der Waals surface area (Å²) in [6, 6.07) is 13.2. The molecule has 0 aliphatic rings. The summed E-state index contributed by atoms with van der Waals surface area (Å²) in [5.74, 6) is 0.639. The molecule has 0 unspecified atom stereocenters. The Kier molecular flexibility index (Phi) is 5.48. The van der Waals surface area contributed by atoms with E-state index in [1.54, 1.807) is 57.4 Å². The number of hydrogen-bond donors (Lipinski definition) is 1. The Bertz CT molecular complexity index is 1350.